The molecule has 1 aliphatic carbocycles. The van der Waals surface area contributed by atoms with Crippen LogP contribution < -0.4 is 5.32 Å². The van der Waals surface area contributed by atoms with E-state index in [1.807, 2.05) is 29.5 Å². The number of amides is 1. The number of aryl methyl sites for hydroxylation is 2. The maximum Gasteiger partial charge on any atom is 0.221 e. The van der Waals surface area contributed by atoms with Crippen LogP contribution in [0.15, 0.2) is 60.7 Å². The molecule has 0 saturated carbocycles. The standard InChI is InChI=1S/C25H22N2OS/c1-16(28)26-19-11-7-10-18(14-19)22-15-21(17-8-3-2-4-9-17)24-20-12-5-6-13-23(20)29-25(24)27-22/h2-4,7-11,14-15H,5-6,12-13H2,1H3,(H,26,28). The fraction of sp³-hybridized carbons (Fsp3) is 0.200. The van der Waals surface area contributed by atoms with Crippen molar-refractivity contribution >= 4 is 33.1 Å². The van der Waals surface area contributed by atoms with Crippen LogP contribution in [0.1, 0.15) is 30.2 Å². The van der Waals surface area contributed by atoms with E-state index in [9.17, 15) is 4.79 Å². The number of hydrogen-bond donors (Lipinski definition) is 1. The first kappa shape index (κ1) is 18.1. The minimum Gasteiger partial charge on any atom is -0.326 e. The molecule has 2 aromatic heterocycles. The number of anilines is 1. The second-order valence-electron chi connectivity index (χ2n) is 7.57. The van der Waals surface area contributed by atoms with E-state index in [4.69, 9.17) is 4.98 Å². The van der Waals surface area contributed by atoms with Gasteiger partial charge >= 0.3 is 0 Å². The van der Waals surface area contributed by atoms with Gasteiger partial charge in [-0.05, 0) is 60.6 Å². The third-order valence-corrected chi connectivity index (χ3v) is 6.67. The first-order valence-electron chi connectivity index (χ1n) is 10.1. The Bertz CT molecular complexity index is 1210. The first-order valence-corrected chi connectivity index (χ1v) is 10.9. The minimum absolute atomic E-state index is 0.0681. The third-order valence-electron chi connectivity index (χ3n) is 5.49. The molecule has 2 heterocycles. The first-order chi connectivity index (χ1) is 14.2. The molecule has 0 radical (unpaired) electrons. The van der Waals surface area contributed by atoms with Gasteiger partial charge in [0.05, 0.1) is 5.69 Å². The Labute approximate surface area is 174 Å². The van der Waals surface area contributed by atoms with Gasteiger partial charge in [0, 0.05) is 28.4 Å². The van der Waals surface area contributed by atoms with Crippen molar-refractivity contribution < 1.29 is 4.79 Å². The van der Waals surface area contributed by atoms with Crippen molar-refractivity contribution in [2.75, 3.05) is 5.32 Å². The van der Waals surface area contributed by atoms with E-state index in [0.717, 1.165) is 34.6 Å². The highest BCUT2D eigenvalue weighted by Gasteiger charge is 2.21. The van der Waals surface area contributed by atoms with Gasteiger partial charge in [0.25, 0.3) is 0 Å². The summed E-state index contributed by atoms with van der Waals surface area (Å²) in [6, 6.07) is 20.8. The summed E-state index contributed by atoms with van der Waals surface area (Å²) in [5.41, 5.74) is 6.74. The number of aromatic nitrogens is 1. The quantitative estimate of drug-likeness (QED) is 0.430. The normalized spacial score (nSPS) is 13.3. The maximum atomic E-state index is 11.5. The van der Waals surface area contributed by atoms with Crippen LogP contribution in [0.5, 0.6) is 0 Å². The zero-order valence-electron chi connectivity index (χ0n) is 16.4. The van der Waals surface area contributed by atoms with Crippen molar-refractivity contribution in [2.24, 2.45) is 0 Å². The molecule has 4 aromatic rings. The molecule has 0 spiro atoms. The fourth-order valence-corrected chi connectivity index (χ4v) is 5.50. The molecule has 0 atom stereocenters. The van der Waals surface area contributed by atoms with Crippen LogP contribution in [0, 0.1) is 0 Å². The van der Waals surface area contributed by atoms with E-state index in [2.05, 4.69) is 47.8 Å². The third kappa shape index (κ3) is 3.45. The number of benzene rings is 2. The lowest BCUT2D eigenvalue weighted by molar-refractivity contribution is -0.114. The average molecular weight is 399 g/mol. The summed E-state index contributed by atoms with van der Waals surface area (Å²) in [7, 11) is 0. The van der Waals surface area contributed by atoms with E-state index in [1.165, 1.54) is 46.7 Å². The summed E-state index contributed by atoms with van der Waals surface area (Å²) in [4.78, 5) is 19.1. The van der Waals surface area contributed by atoms with E-state index in [1.54, 1.807) is 0 Å². The van der Waals surface area contributed by atoms with Crippen LogP contribution >= 0.6 is 11.3 Å². The van der Waals surface area contributed by atoms with Crippen LogP contribution in [-0.4, -0.2) is 10.9 Å². The van der Waals surface area contributed by atoms with Gasteiger partial charge in [-0.15, -0.1) is 11.3 Å². The molecule has 0 aliphatic heterocycles. The van der Waals surface area contributed by atoms with E-state index < -0.39 is 0 Å². The number of nitrogens with one attached hydrogen (secondary N) is 1. The van der Waals surface area contributed by atoms with E-state index in [0.29, 0.717) is 0 Å². The van der Waals surface area contributed by atoms with Crippen LogP contribution in [-0.2, 0) is 17.6 Å². The number of carbonyl (C=O) groups is 1. The Kier molecular flexibility index (Phi) is 4.64. The van der Waals surface area contributed by atoms with Gasteiger partial charge in [-0.25, -0.2) is 4.98 Å². The van der Waals surface area contributed by atoms with E-state index >= 15 is 0 Å². The van der Waals surface area contributed by atoms with Crippen molar-refractivity contribution in [3.63, 3.8) is 0 Å². The number of nitrogens with zero attached hydrogens (tertiary/aromatic N) is 1. The summed E-state index contributed by atoms with van der Waals surface area (Å²) in [6.45, 7) is 1.53. The lowest BCUT2D eigenvalue weighted by Gasteiger charge is -2.13. The van der Waals surface area contributed by atoms with Crippen LogP contribution in [0.25, 0.3) is 32.6 Å². The molecule has 3 nitrogen and oxygen atoms in total. The zero-order chi connectivity index (χ0) is 19.8. The summed E-state index contributed by atoms with van der Waals surface area (Å²) < 4.78 is 0. The van der Waals surface area contributed by atoms with Gasteiger partial charge in [0.1, 0.15) is 4.83 Å². The molecular weight excluding hydrogens is 376 g/mol. The smallest absolute Gasteiger partial charge is 0.221 e. The van der Waals surface area contributed by atoms with E-state index in [-0.39, 0.29) is 5.91 Å². The molecule has 1 aliphatic rings. The second kappa shape index (κ2) is 7.45. The van der Waals surface area contributed by atoms with Gasteiger partial charge in [0.15, 0.2) is 0 Å². The highest BCUT2D eigenvalue weighted by molar-refractivity contribution is 7.19. The molecule has 144 valence electrons. The predicted molar refractivity (Wildman–Crippen MR) is 121 cm³/mol. The molecule has 4 heteroatoms. The summed E-state index contributed by atoms with van der Waals surface area (Å²) in [6.07, 6.45) is 4.84. The Morgan fingerprint density at radius 3 is 2.59 bits per heavy atom. The SMILES string of the molecule is CC(=O)Nc1cccc(-c2cc(-c3ccccc3)c3c4c(sc3n2)CCCC4)c1. The molecule has 0 saturated heterocycles. The van der Waals surface area contributed by atoms with Crippen molar-refractivity contribution in [3.8, 4) is 22.4 Å². The summed E-state index contributed by atoms with van der Waals surface area (Å²) in [5.74, 6) is -0.0681. The van der Waals surface area contributed by atoms with Crippen molar-refractivity contribution in [1.82, 2.24) is 4.98 Å². The van der Waals surface area contributed by atoms with Crippen LogP contribution in [0.4, 0.5) is 5.69 Å². The fourth-order valence-electron chi connectivity index (χ4n) is 4.21. The number of pyridine rings is 1. The highest BCUT2D eigenvalue weighted by atomic mass is 32.1. The molecule has 0 fully saturated rings. The van der Waals surface area contributed by atoms with Crippen molar-refractivity contribution in [3.05, 3.63) is 71.1 Å². The van der Waals surface area contributed by atoms with Gasteiger partial charge in [-0.3, -0.25) is 4.79 Å². The van der Waals surface area contributed by atoms with Crippen molar-refractivity contribution in [2.45, 2.75) is 32.6 Å². The Morgan fingerprint density at radius 1 is 0.966 bits per heavy atom. The lowest BCUT2D eigenvalue weighted by Crippen LogP contribution is -2.05. The molecule has 29 heavy (non-hydrogen) atoms. The predicted octanol–water partition coefficient (Wildman–Crippen LogP) is 6.47. The van der Waals surface area contributed by atoms with Gasteiger partial charge in [-0.2, -0.15) is 0 Å². The zero-order valence-corrected chi connectivity index (χ0v) is 17.2. The van der Waals surface area contributed by atoms with Crippen LogP contribution in [0.2, 0.25) is 0 Å². The van der Waals surface area contributed by atoms with Gasteiger partial charge in [-0.1, -0.05) is 42.5 Å². The second-order valence-corrected chi connectivity index (χ2v) is 8.66. The molecule has 2 aromatic carbocycles. The number of fused-ring (bicyclic) bond motifs is 3. The van der Waals surface area contributed by atoms with Crippen LogP contribution in [0.3, 0.4) is 0 Å². The highest BCUT2D eigenvalue weighted by Crippen LogP contribution is 2.42. The van der Waals surface area contributed by atoms with Crippen molar-refractivity contribution in [1.29, 1.82) is 0 Å². The molecule has 1 amide bonds. The molecule has 1 N–H and O–H groups in total. The maximum absolute atomic E-state index is 11.5. The lowest BCUT2D eigenvalue weighted by atomic mass is 9.92. The number of hydrogen-bond acceptors (Lipinski definition) is 3. The molecule has 0 bridgehead atoms. The Balaban J connectivity index is 1.73. The topological polar surface area (TPSA) is 42.0 Å². The molecule has 0 unspecified atom stereocenters. The largest absolute Gasteiger partial charge is 0.326 e. The molecule has 5 rings (SSSR count). The summed E-state index contributed by atoms with van der Waals surface area (Å²) >= 11 is 1.85. The summed E-state index contributed by atoms with van der Waals surface area (Å²) in [5, 5.41) is 4.21. The minimum atomic E-state index is -0.0681. The average Bonchev–Trinajstić information content (AvgIpc) is 3.12. The number of rotatable bonds is 3. The van der Waals surface area contributed by atoms with Gasteiger partial charge in [0.2, 0.25) is 5.91 Å². The molecular formula is C25H22N2OS. The Hall–Kier alpha value is -2.98. The number of carbonyl (C=O) groups excluding carboxylic acids is 1. The Morgan fingerprint density at radius 2 is 1.76 bits per heavy atom. The van der Waals surface area contributed by atoms with Gasteiger partial charge < -0.3 is 5.32 Å². The monoisotopic (exact) mass is 398 g/mol. The number of thiophene rings is 1.